The van der Waals surface area contributed by atoms with Crippen LogP contribution >= 0.6 is 0 Å². The molecular weight excluding hydrogens is 316 g/mol. The molecule has 0 spiro atoms. The molecular formula is C19H22N4O2. The maximum Gasteiger partial charge on any atom is 0.259 e. The first-order chi connectivity index (χ1) is 11.8. The number of amides is 1. The highest BCUT2D eigenvalue weighted by atomic mass is 16.3. The first kappa shape index (κ1) is 17.0. The zero-order valence-corrected chi connectivity index (χ0v) is 15.1. The monoisotopic (exact) mass is 338 g/mol. The molecule has 0 bridgehead atoms. The Hall–Kier alpha value is -2.89. The SMILES string of the molecule is CN(C)c1ncccc1C(=O)Nc1ccc2oc(C(C)(C)C)nc2c1. The molecule has 2 aromatic heterocycles. The summed E-state index contributed by atoms with van der Waals surface area (Å²) in [6.07, 6.45) is 1.67. The molecule has 0 aliphatic rings. The summed E-state index contributed by atoms with van der Waals surface area (Å²) in [6.45, 7) is 6.14. The van der Waals surface area contributed by atoms with Gasteiger partial charge in [-0.1, -0.05) is 20.8 Å². The van der Waals surface area contributed by atoms with Crippen LogP contribution in [0.3, 0.4) is 0 Å². The number of nitrogens with one attached hydrogen (secondary N) is 1. The van der Waals surface area contributed by atoms with Crippen molar-refractivity contribution < 1.29 is 9.21 Å². The highest BCUT2D eigenvalue weighted by molar-refractivity contribution is 6.08. The summed E-state index contributed by atoms with van der Waals surface area (Å²) in [5.74, 6) is 1.08. The Morgan fingerprint density at radius 2 is 1.96 bits per heavy atom. The van der Waals surface area contributed by atoms with E-state index in [2.05, 4.69) is 15.3 Å². The summed E-state index contributed by atoms with van der Waals surface area (Å²) < 4.78 is 5.79. The van der Waals surface area contributed by atoms with Gasteiger partial charge in [0.15, 0.2) is 5.58 Å². The fraction of sp³-hybridized carbons (Fsp3) is 0.316. The third-order valence-corrected chi connectivity index (χ3v) is 3.74. The van der Waals surface area contributed by atoms with Gasteiger partial charge in [0.05, 0.1) is 5.56 Å². The lowest BCUT2D eigenvalue weighted by molar-refractivity contribution is 0.102. The first-order valence-corrected chi connectivity index (χ1v) is 8.10. The van der Waals surface area contributed by atoms with Crippen LogP contribution in [0.2, 0.25) is 0 Å². The molecule has 0 unspecified atom stereocenters. The molecule has 3 aromatic rings. The van der Waals surface area contributed by atoms with Crippen molar-refractivity contribution in [2.24, 2.45) is 0 Å². The molecule has 0 atom stereocenters. The molecule has 6 heteroatoms. The summed E-state index contributed by atoms with van der Waals surface area (Å²) in [6, 6.07) is 8.95. The highest BCUT2D eigenvalue weighted by Gasteiger charge is 2.21. The smallest absolute Gasteiger partial charge is 0.259 e. The van der Waals surface area contributed by atoms with Gasteiger partial charge in [-0.05, 0) is 30.3 Å². The third kappa shape index (κ3) is 3.47. The van der Waals surface area contributed by atoms with E-state index < -0.39 is 0 Å². The summed E-state index contributed by atoms with van der Waals surface area (Å²) in [7, 11) is 3.71. The molecule has 0 fully saturated rings. The summed E-state index contributed by atoms with van der Waals surface area (Å²) in [4.78, 5) is 23.2. The Morgan fingerprint density at radius 1 is 1.20 bits per heavy atom. The van der Waals surface area contributed by atoms with Crippen molar-refractivity contribution in [3.05, 3.63) is 48.0 Å². The van der Waals surface area contributed by atoms with Gasteiger partial charge in [-0.2, -0.15) is 0 Å². The van der Waals surface area contributed by atoms with Gasteiger partial charge in [-0.25, -0.2) is 9.97 Å². The van der Waals surface area contributed by atoms with Crippen molar-refractivity contribution in [2.75, 3.05) is 24.3 Å². The van der Waals surface area contributed by atoms with Crippen LogP contribution in [-0.4, -0.2) is 30.0 Å². The number of hydrogen-bond acceptors (Lipinski definition) is 5. The fourth-order valence-electron chi connectivity index (χ4n) is 2.45. The fourth-order valence-corrected chi connectivity index (χ4v) is 2.45. The number of carbonyl (C=O) groups is 1. The standard InChI is InChI=1S/C19H22N4O2/c1-19(2,3)18-22-14-11-12(8-9-15(14)25-18)21-17(24)13-7-6-10-20-16(13)23(4)5/h6-11H,1-5H3,(H,21,24). The van der Waals surface area contributed by atoms with Gasteiger partial charge in [0, 0.05) is 31.4 Å². The summed E-state index contributed by atoms with van der Waals surface area (Å²) in [5, 5.41) is 2.91. The van der Waals surface area contributed by atoms with E-state index in [0.717, 1.165) is 5.52 Å². The van der Waals surface area contributed by atoms with Crippen molar-refractivity contribution in [3.8, 4) is 0 Å². The van der Waals surface area contributed by atoms with Crippen molar-refractivity contribution in [3.63, 3.8) is 0 Å². The van der Waals surface area contributed by atoms with Crippen LogP contribution in [0, 0.1) is 0 Å². The second-order valence-electron chi connectivity index (χ2n) is 7.17. The highest BCUT2D eigenvalue weighted by Crippen LogP contribution is 2.27. The normalized spacial score (nSPS) is 11.6. The number of oxazole rings is 1. The molecule has 3 rings (SSSR count). The Labute approximate surface area is 146 Å². The van der Waals surface area contributed by atoms with Gasteiger partial charge in [0.25, 0.3) is 5.91 Å². The van der Waals surface area contributed by atoms with Crippen LogP contribution in [0.4, 0.5) is 11.5 Å². The number of carbonyl (C=O) groups excluding carboxylic acids is 1. The number of fused-ring (bicyclic) bond motifs is 1. The topological polar surface area (TPSA) is 71.3 Å². The lowest BCUT2D eigenvalue weighted by Gasteiger charge is -2.15. The number of benzene rings is 1. The number of hydrogen-bond donors (Lipinski definition) is 1. The molecule has 6 nitrogen and oxygen atoms in total. The third-order valence-electron chi connectivity index (χ3n) is 3.74. The number of rotatable bonds is 3. The van der Waals surface area contributed by atoms with Crippen LogP contribution in [0.5, 0.6) is 0 Å². The Bertz CT molecular complexity index is 923. The molecule has 1 aromatic carbocycles. The van der Waals surface area contributed by atoms with Crippen molar-refractivity contribution >= 4 is 28.5 Å². The number of aromatic nitrogens is 2. The van der Waals surface area contributed by atoms with Gasteiger partial charge in [-0.15, -0.1) is 0 Å². The lowest BCUT2D eigenvalue weighted by Crippen LogP contribution is -2.19. The van der Waals surface area contributed by atoms with E-state index in [9.17, 15) is 4.79 Å². The maximum atomic E-state index is 12.6. The van der Waals surface area contributed by atoms with E-state index in [4.69, 9.17) is 4.42 Å². The molecule has 2 heterocycles. The van der Waals surface area contributed by atoms with Crippen LogP contribution in [0.1, 0.15) is 37.0 Å². The average Bonchev–Trinajstić information content (AvgIpc) is 2.98. The van der Waals surface area contributed by atoms with Crippen molar-refractivity contribution in [1.82, 2.24) is 9.97 Å². The maximum absolute atomic E-state index is 12.6. The van der Waals surface area contributed by atoms with Crippen LogP contribution in [0.25, 0.3) is 11.1 Å². The summed E-state index contributed by atoms with van der Waals surface area (Å²) >= 11 is 0. The van der Waals surface area contributed by atoms with Crippen LogP contribution < -0.4 is 10.2 Å². The second-order valence-corrected chi connectivity index (χ2v) is 7.17. The first-order valence-electron chi connectivity index (χ1n) is 8.10. The van der Waals surface area contributed by atoms with Gasteiger partial charge >= 0.3 is 0 Å². The largest absolute Gasteiger partial charge is 0.440 e. The lowest BCUT2D eigenvalue weighted by atomic mass is 9.97. The minimum Gasteiger partial charge on any atom is -0.440 e. The number of pyridine rings is 1. The molecule has 1 N–H and O–H groups in total. The molecule has 0 aliphatic carbocycles. The zero-order valence-electron chi connectivity index (χ0n) is 15.1. The van der Waals surface area contributed by atoms with Crippen LogP contribution in [0.15, 0.2) is 40.9 Å². The van der Waals surface area contributed by atoms with Crippen molar-refractivity contribution in [2.45, 2.75) is 26.2 Å². The van der Waals surface area contributed by atoms with E-state index in [1.54, 1.807) is 18.3 Å². The minimum atomic E-state index is -0.212. The predicted octanol–water partition coefficient (Wildman–Crippen LogP) is 3.84. The molecule has 0 saturated heterocycles. The minimum absolute atomic E-state index is 0.168. The zero-order chi connectivity index (χ0) is 18.2. The Morgan fingerprint density at radius 3 is 2.64 bits per heavy atom. The van der Waals surface area contributed by atoms with Crippen LogP contribution in [-0.2, 0) is 5.41 Å². The van der Waals surface area contributed by atoms with Crippen molar-refractivity contribution in [1.29, 1.82) is 0 Å². The summed E-state index contributed by atoms with van der Waals surface area (Å²) in [5.41, 5.74) is 2.45. The molecule has 0 saturated carbocycles. The number of anilines is 2. The van der Waals surface area contributed by atoms with E-state index in [1.807, 2.05) is 58.0 Å². The Kier molecular flexibility index (Phi) is 4.20. The molecule has 25 heavy (non-hydrogen) atoms. The number of nitrogens with zero attached hydrogens (tertiary/aromatic N) is 3. The van der Waals surface area contributed by atoms with Gasteiger partial charge in [-0.3, -0.25) is 4.79 Å². The van der Waals surface area contributed by atoms with E-state index in [-0.39, 0.29) is 11.3 Å². The molecule has 0 radical (unpaired) electrons. The second kappa shape index (κ2) is 6.20. The van der Waals surface area contributed by atoms with E-state index in [0.29, 0.717) is 28.5 Å². The average molecular weight is 338 g/mol. The molecule has 1 amide bonds. The molecule has 0 aliphatic heterocycles. The van der Waals surface area contributed by atoms with Gasteiger partial charge in [0.2, 0.25) is 5.89 Å². The Balaban J connectivity index is 1.89. The predicted molar refractivity (Wildman–Crippen MR) is 99.2 cm³/mol. The van der Waals surface area contributed by atoms with Gasteiger partial charge in [0.1, 0.15) is 11.3 Å². The molecule has 130 valence electrons. The van der Waals surface area contributed by atoms with E-state index in [1.165, 1.54) is 0 Å². The van der Waals surface area contributed by atoms with Gasteiger partial charge < -0.3 is 14.6 Å². The quantitative estimate of drug-likeness (QED) is 0.785. The van der Waals surface area contributed by atoms with E-state index >= 15 is 0 Å².